The molecule has 1 atom stereocenters. The van der Waals surface area contributed by atoms with Crippen LogP contribution in [0, 0.1) is 6.92 Å². The van der Waals surface area contributed by atoms with Crippen molar-refractivity contribution in [2.45, 2.75) is 20.0 Å². The molecule has 3 rings (SSSR count). The number of amides is 1. The first-order chi connectivity index (χ1) is 11.0. The smallest absolute Gasteiger partial charge is 0.338 e. The van der Waals surface area contributed by atoms with E-state index in [4.69, 9.17) is 9.26 Å². The first kappa shape index (κ1) is 15.2. The van der Waals surface area contributed by atoms with Crippen molar-refractivity contribution in [2.24, 2.45) is 0 Å². The number of rotatable bonds is 4. The maximum Gasteiger partial charge on any atom is 0.338 e. The predicted octanol–water partition coefficient (Wildman–Crippen LogP) is 2.78. The third kappa shape index (κ3) is 3.37. The lowest BCUT2D eigenvalue weighted by atomic mass is 10.2. The number of aryl methyl sites for hydroxylation is 1. The van der Waals surface area contributed by atoms with E-state index in [2.05, 4.69) is 15.5 Å². The van der Waals surface area contributed by atoms with E-state index in [-0.39, 0.29) is 5.82 Å². The summed E-state index contributed by atoms with van der Waals surface area (Å²) in [7, 11) is 0. The van der Waals surface area contributed by atoms with Crippen LogP contribution in [-0.2, 0) is 9.53 Å². The molecule has 1 amide bonds. The van der Waals surface area contributed by atoms with Gasteiger partial charge in [-0.15, -0.1) is 11.3 Å². The molecule has 0 spiro atoms. The molecule has 3 aromatic rings. The van der Waals surface area contributed by atoms with Gasteiger partial charge in [0.25, 0.3) is 5.91 Å². The van der Waals surface area contributed by atoms with Crippen LogP contribution in [0.15, 0.2) is 34.3 Å². The molecular weight excluding hydrogens is 318 g/mol. The van der Waals surface area contributed by atoms with Crippen molar-refractivity contribution in [2.75, 3.05) is 5.32 Å². The first-order valence-electron chi connectivity index (χ1n) is 6.81. The number of carbonyl (C=O) groups excluding carboxylic acids is 2. The number of benzene rings is 1. The Morgan fingerprint density at radius 3 is 2.91 bits per heavy atom. The van der Waals surface area contributed by atoms with Gasteiger partial charge in [-0.3, -0.25) is 4.79 Å². The van der Waals surface area contributed by atoms with Gasteiger partial charge in [0, 0.05) is 6.07 Å². The number of hydrogen-bond donors (Lipinski definition) is 1. The van der Waals surface area contributed by atoms with Crippen molar-refractivity contribution in [3.63, 3.8) is 0 Å². The van der Waals surface area contributed by atoms with Gasteiger partial charge in [-0.2, -0.15) is 0 Å². The summed E-state index contributed by atoms with van der Waals surface area (Å²) < 4.78 is 10.9. The Kier molecular flexibility index (Phi) is 4.07. The molecule has 2 aromatic heterocycles. The van der Waals surface area contributed by atoms with Crippen LogP contribution in [0.1, 0.15) is 23.0 Å². The second-order valence-corrected chi connectivity index (χ2v) is 5.78. The van der Waals surface area contributed by atoms with Gasteiger partial charge in [0.05, 0.1) is 21.3 Å². The van der Waals surface area contributed by atoms with Crippen molar-refractivity contribution in [3.8, 4) is 0 Å². The van der Waals surface area contributed by atoms with Crippen molar-refractivity contribution in [1.82, 2.24) is 10.1 Å². The lowest BCUT2D eigenvalue weighted by Gasteiger charge is -2.12. The summed E-state index contributed by atoms with van der Waals surface area (Å²) >= 11 is 1.43. The Labute approximate surface area is 135 Å². The van der Waals surface area contributed by atoms with E-state index in [0.29, 0.717) is 11.3 Å². The van der Waals surface area contributed by atoms with E-state index < -0.39 is 18.0 Å². The topological polar surface area (TPSA) is 94.3 Å². The van der Waals surface area contributed by atoms with Crippen LogP contribution in [0.5, 0.6) is 0 Å². The molecule has 0 fully saturated rings. The molecule has 118 valence electrons. The average molecular weight is 331 g/mol. The average Bonchev–Trinajstić information content (AvgIpc) is 3.14. The van der Waals surface area contributed by atoms with E-state index in [0.717, 1.165) is 10.2 Å². The fourth-order valence-corrected chi connectivity index (χ4v) is 2.63. The number of hydrogen-bond acceptors (Lipinski definition) is 7. The fourth-order valence-electron chi connectivity index (χ4n) is 1.92. The summed E-state index contributed by atoms with van der Waals surface area (Å²) in [5, 5.41) is 6.17. The van der Waals surface area contributed by atoms with Gasteiger partial charge in [0.2, 0.25) is 0 Å². The lowest BCUT2D eigenvalue weighted by molar-refractivity contribution is -0.123. The number of nitrogens with one attached hydrogen (secondary N) is 1. The second-order valence-electron chi connectivity index (χ2n) is 4.89. The molecule has 0 aliphatic carbocycles. The van der Waals surface area contributed by atoms with E-state index >= 15 is 0 Å². The highest BCUT2D eigenvalue weighted by Gasteiger charge is 2.20. The minimum absolute atomic E-state index is 0.279. The normalized spacial score (nSPS) is 12.1. The summed E-state index contributed by atoms with van der Waals surface area (Å²) in [6, 6.07) is 6.63. The van der Waals surface area contributed by atoms with Gasteiger partial charge in [-0.25, -0.2) is 9.78 Å². The standard InChI is InChI=1S/C15H13N3O4S/c1-8-5-13(18-22-8)17-14(19)9(2)21-15(20)10-3-4-11-12(6-10)23-7-16-11/h3-7,9H,1-2H3,(H,17,18,19). The zero-order chi connectivity index (χ0) is 16.4. The van der Waals surface area contributed by atoms with Crippen LogP contribution < -0.4 is 5.32 Å². The van der Waals surface area contributed by atoms with Gasteiger partial charge in [0.15, 0.2) is 11.9 Å². The first-order valence-corrected chi connectivity index (χ1v) is 7.69. The largest absolute Gasteiger partial charge is 0.449 e. The minimum Gasteiger partial charge on any atom is -0.449 e. The molecule has 0 aliphatic heterocycles. The molecule has 1 aromatic carbocycles. The molecule has 1 N–H and O–H groups in total. The molecule has 0 saturated carbocycles. The Morgan fingerprint density at radius 1 is 1.35 bits per heavy atom. The highest BCUT2D eigenvalue weighted by atomic mass is 32.1. The molecule has 0 radical (unpaired) electrons. The maximum atomic E-state index is 12.1. The third-order valence-corrected chi connectivity index (χ3v) is 3.89. The molecular formula is C15H13N3O4S. The van der Waals surface area contributed by atoms with Crippen molar-refractivity contribution in [3.05, 3.63) is 41.1 Å². The van der Waals surface area contributed by atoms with Crippen LogP contribution in [0.25, 0.3) is 10.2 Å². The molecule has 8 heteroatoms. The number of thiazole rings is 1. The zero-order valence-electron chi connectivity index (χ0n) is 12.4. The molecule has 0 saturated heterocycles. The highest BCUT2D eigenvalue weighted by molar-refractivity contribution is 7.16. The molecule has 2 heterocycles. The monoisotopic (exact) mass is 331 g/mol. The van der Waals surface area contributed by atoms with Crippen LogP contribution in [0.4, 0.5) is 5.82 Å². The number of nitrogens with zero attached hydrogens (tertiary/aromatic N) is 2. The number of carbonyl (C=O) groups is 2. The zero-order valence-corrected chi connectivity index (χ0v) is 13.2. The SMILES string of the molecule is Cc1cc(NC(=O)C(C)OC(=O)c2ccc3ncsc3c2)no1. The van der Waals surface area contributed by atoms with Crippen LogP contribution in [0.3, 0.4) is 0 Å². The molecule has 1 unspecified atom stereocenters. The lowest BCUT2D eigenvalue weighted by Crippen LogP contribution is -2.30. The quantitative estimate of drug-likeness (QED) is 0.739. The maximum absolute atomic E-state index is 12.1. The summed E-state index contributed by atoms with van der Waals surface area (Å²) in [5.74, 6) is -0.200. The molecule has 7 nitrogen and oxygen atoms in total. The third-order valence-electron chi connectivity index (χ3n) is 3.10. The fraction of sp³-hybridized carbons (Fsp3) is 0.200. The van der Waals surface area contributed by atoms with Crippen molar-refractivity contribution < 1.29 is 18.8 Å². The summed E-state index contributed by atoms with van der Waals surface area (Å²) in [6.45, 7) is 3.20. The minimum atomic E-state index is -0.961. The Morgan fingerprint density at radius 2 is 2.17 bits per heavy atom. The summed E-state index contributed by atoms with van der Waals surface area (Å²) in [4.78, 5) is 28.3. The van der Waals surface area contributed by atoms with E-state index in [1.54, 1.807) is 36.7 Å². The van der Waals surface area contributed by atoms with E-state index in [1.165, 1.54) is 18.3 Å². The highest BCUT2D eigenvalue weighted by Crippen LogP contribution is 2.20. The van der Waals surface area contributed by atoms with Gasteiger partial charge >= 0.3 is 5.97 Å². The summed E-state index contributed by atoms with van der Waals surface area (Å²) in [5.41, 5.74) is 2.90. The number of ether oxygens (including phenoxy) is 1. The number of fused-ring (bicyclic) bond motifs is 1. The predicted molar refractivity (Wildman–Crippen MR) is 84.4 cm³/mol. The van der Waals surface area contributed by atoms with Gasteiger partial charge < -0.3 is 14.6 Å². The molecule has 23 heavy (non-hydrogen) atoms. The Bertz CT molecular complexity index is 870. The summed E-state index contributed by atoms with van der Waals surface area (Å²) in [6.07, 6.45) is -0.961. The molecule has 0 bridgehead atoms. The number of esters is 1. The van der Waals surface area contributed by atoms with Crippen molar-refractivity contribution in [1.29, 1.82) is 0 Å². The van der Waals surface area contributed by atoms with E-state index in [9.17, 15) is 9.59 Å². The van der Waals surface area contributed by atoms with E-state index in [1.807, 2.05) is 0 Å². The van der Waals surface area contributed by atoms with Crippen molar-refractivity contribution >= 4 is 39.2 Å². The number of anilines is 1. The molecule has 0 aliphatic rings. The van der Waals surface area contributed by atoms with Gasteiger partial charge in [-0.1, -0.05) is 5.16 Å². The number of aromatic nitrogens is 2. The Hall–Kier alpha value is -2.74. The second kappa shape index (κ2) is 6.17. The van der Waals surface area contributed by atoms with Crippen LogP contribution in [-0.4, -0.2) is 28.1 Å². The van der Waals surface area contributed by atoms with Crippen LogP contribution in [0.2, 0.25) is 0 Å². The van der Waals surface area contributed by atoms with Gasteiger partial charge in [-0.05, 0) is 32.0 Å². The van der Waals surface area contributed by atoms with Crippen LogP contribution >= 0.6 is 11.3 Å². The van der Waals surface area contributed by atoms with Gasteiger partial charge in [0.1, 0.15) is 5.76 Å². The Balaban J connectivity index is 1.65.